The Labute approximate surface area is 312 Å². The summed E-state index contributed by atoms with van der Waals surface area (Å²) in [4.78, 5) is 8.22. The van der Waals surface area contributed by atoms with Crippen LogP contribution in [0.15, 0.2) is 98.1 Å². The minimum Gasteiger partial charge on any atom is -0.265 e. The van der Waals surface area contributed by atoms with E-state index in [1.807, 2.05) is 24.8 Å². The van der Waals surface area contributed by atoms with Gasteiger partial charge in [0.25, 0.3) is 0 Å². The van der Waals surface area contributed by atoms with E-state index < -0.39 is 0 Å². The first kappa shape index (κ1) is 40.1. The van der Waals surface area contributed by atoms with E-state index in [1.54, 1.807) is 0 Å². The predicted molar refractivity (Wildman–Crippen MR) is 217 cm³/mol. The summed E-state index contributed by atoms with van der Waals surface area (Å²) in [5.74, 6) is 2.68. The maximum atomic E-state index is 4.11. The summed E-state index contributed by atoms with van der Waals surface area (Å²) in [6.07, 6.45) is 44.2. The summed E-state index contributed by atoms with van der Waals surface area (Å²) in [7, 11) is 4.24. The third-order valence-electron chi connectivity index (χ3n) is 9.68. The Kier molecular flexibility index (Phi) is 21.7. The van der Waals surface area contributed by atoms with Crippen molar-refractivity contribution < 1.29 is 9.13 Å². The van der Waals surface area contributed by atoms with Gasteiger partial charge in [-0.1, -0.05) is 111 Å². The molecule has 0 saturated carbocycles. The van der Waals surface area contributed by atoms with Crippen LogP contribution in [0.3, 0.4) is 0 Å². The molecular weight excluding hydrogens is 649 g/mol. The molecule has 0 unspecified atom stereocenters. The van der Waals surface area contributed by atoms with Crippen molar-refractivity contribution in [3.8, 4) is 22.3 Å². The molecule has 0 N–H and O–H groups in total. The van der Waals surface area contributed by atoms with Crippen molar-refractivity contribution in [1.29, 1.82) is 0 Å². The summed E-state index contributed by atoms with van der Waals surface area (Å²) in [6.45, 7) is 2.25. The summed E-state index contributed by atoms with van der Waals surface area (Å²) in [6, 6.07) is 17.1. The normalized spacial score (nSPS) is 11.3. The number of nitrogens with zero attached hydrogens (tertiary/aromatic N) is 4. The average molecular weight is 713 g/mol. The van der Waals surface area contributed by atoms with E-state index in [0.29, 0.717) is 0 Å². The van der Waals surface area contributed by atoms with E-state index in [-0.39, 0.29) is 0 Å². The molecule has 0 saturated heterocycles. The standard InChI is InChI=1S/C44H64N4S2/c1(5-9-13-17-33-47-35-25-43(26-36-47)41-21-29-45-30-22-41)3-7-11-15-19-39-49-50-40-20-16-12-8-4-2-6-10-14-18-34-48-37-27-44(28-38-48)42-23-31-46-32-24-42/h21-32,35-38H,1-20,33-34,39-40H2/q+2. The van der Waals surface area contributed by atoms with E-state index in [0.717, 1.165) is 13.1 Å². The van der Waals surface area contributed by atoms with Crippen LogP contribution in [0.4, 0.5) is 0 Å². The van der Waals surface area contributed by atoms with Crippen LogP contribution in [0, 0.1) is 0 Å². The molecule has 0 fully saturated rings. The van der Waals surface area contributed by atoms with Crippen molar-refractivity contribution in [2.24, 2.45) is 0 Å². The molecule has 4 rings (SSSR count). The van der Waals surface area contributed by atoms with Crippen LogP contribution in [0.5, 0.6) is 0 Å². The van der Waals surface area contributed by atoms with Crippen molar-refractivity contribution in [1.82, 2.24) is 9.97 Å². The molecule has 0 aliphatic heterocycles. The molecule has 4 aromatic rings. The Hall–Kier alpha value is -2.70. The van der Waals surface area contributed by atoms with Gasteiger partial charge in [-0.25, -0.2) is 9.13 Å². The highest BCUT2D eigenvalue weighted by molar-refractivity contribution is 8.76. The Morgan fingerprint density at radius 2 is 0.580 bits per heavy atom. The number of unbranched alkanes of at least 4 members (excludes halogenated alkanes) is 18. The lowest BCUT2D eigenvalue weighted by molar-refractivity contribution is -0.697. The van der Waals surface area contributed by atoms with Gasteiger partial charge < -0.3 is 0 Å². The van der Waals surface area contributed by atoms with Crippen LogP contribution in [0.2, 0.25) is 0 Å². The van der Waals surface area contributed by atoms with Crippen LogP contribution < -0.4 is 9.13 Å². The summed E-state index contributed by atoms with van der Waals surface area (Å²) < 4.78 is 4.64. The lowest BCUT2D eigenvalue weighted by atomic mass is 10.1. The lowest BCUT2D eigenvalue weighted by Gasteiger charge is -2.04. The molecule has 0 bridgehead atoms. The molecule has 4 aromatic heterocycles. The number of pyridine rings is 4. The van der Waals surface area contributed by atoms with Gasteiger partial charge in [-0.15, -0.1) is 0 Å². The quantitative estimate of drug-likeness (QED) is 0.0319. The topological polar surface area (TPSA) is 33.5 Å². The minimum absolute atomic E-state index is 1.13. The lowest BCUT2D eigenvalue weighted by Crippen LogP contribution is -2.32. The monoisotopic (exact) mass is 712 g/mol. The van der Waals surface area contributed by atoms with E-state index in [4.69, 9.17) is 0 Å². The fourth-order valence-electron chi connectivity index (χ4n) is 6.54. The molecule has 4 nitrogen and oxygen atoms in total. The zero-order valence-corrected chi connectivity index (χ0v) is 32.4. The van der Waals surface area contributed by atoms with Gasteiger partial charge in [0.15, 0.2) is 24.8 Å². The third kappa shape index (κ3) is 18.0. The second-order valence-corrected chi connectivity index (χ2v) is 16.5. The third-order valence-corrected chi connectivity index (χ3v) is 12.3. The second kappa shape index (κ2) is 27.0. The van der Waals surface area contributed by atoms with Gasteiger partial charge in [0, 0.05) is 73.4 Å². The highest BCUT2D eigenvalue weighted by Crippen LogP contribution is 2.25. The second-order valence-electron chi connectivity index (χ2n) is 13.8. The largest absolute Gasteiger partial charge is 0.265 e. The van der Waals surface area contributed by atoms with Crippen molar-refractivity contribution in [2.75, 3.05) is 11.5 Å². The Morgan fingerprint density at radius 1 is 0.320 bits per heavy atom. The molecule has 0 amide bonds. The maximum absolute atomic E-state index is 4.11. The van der Waals surface area contributed by atoms with Crippen molar-refractivity contribution in [2.45, 2.75) is 142 Å². The first-order chi connectivity index (χ1) is 24.9. The zero-order valence-electron chi connectivity index (χ0n) is 30.8. The molecule has 0 aromatic carbocycles. The molecule has 4 heterocycles. The van der Waals surface area contributed by atoms with Gasteiger partial charge in [0.05, 0.1) is 0 Å². The van der Waals surface area contributed by atoms with Gasteiger partial charge in [-0.2, -0.15) is 0 Å². The number of rotatable bonds is 29. The van der Waals surface area contributed by atoms with E-state index >= 15 is 0 Å². The van der Waals surface area contributed by atoms with Crippen LogP contribution in [0.1, 0.15) is 128 Å². The van der Waals surface area contributed by atoms with Crippen LogP contribution in [-0.2, 0) is 13.1 Å². The highest BCUT2D eigenvalue weighted by atomic mass is 33.1. The van der Waals surface area contributed by atoms with E-state index in [9.17, 15) is 0 Å². The molecule has 270 valence electrons. The molecular formula is C44H64N4S2+2. The van der Waals surface area contributed by atoms with Gasteiger partial charge in [-0.3, -0.25) is 9.97 Å². The minimum atomic E-state index is 1.13. The first-order valence-electron chi connectivity index (χ1n) is 19.9. The van der Waals surface area contributed by atoms with Crippen molar-refractivity contribution in [3.05, 3.63) is 98.1 Å². The number of aryl methyl sites for hydroxylation is 2. The van der Waals surface area contributed by atoms with E-state index in [2.05, 4.69) is 114 Å². The van der Waals surface area contributed by atoms with Crippen LogP contribution in [-0.4, -0.2) is 21.5 Å². The predicted octanol–water partition coefficient (Wildman–Crippen LogP) is 12.3. The van der Waals surface area contributed by atoms with Gasteiger partial charge >= 0.3 is 0 Å². The molecule has 50 heavy (non-hydrogen) atoms. The number of aromatic nitrogens is 4. The molecule has 0 atom stereocenters. The van der Waals surface area contributed by atoms with E-state index in [1.165, 1.54) is 162 Å². The highest BCUT2D eigenvalue weighted by Gasteiger charge is 2.05. The summed E-state index contributed by atoms with van der Waals surface area (Å²) >= 11 is 0. The smallest absolute Gasteiger partial charge is 0.169 e. The zero-order chi connectivity index (χ0) is 34.6. The molecule has 0 spiro atoms. The van der Waals surface area contributed by atoms with Gasteiger partial charge in [0.2, 0.25) is 0 Å². The Bertz CT molecular complexity index is 1240. The van der Waals surface area contributed by atoms with Crippen molar-refractivity contribution >= 4 is 21.6 Å². The Balaban J connectivity index is 0.806. The molecule has 6 heteroatoms. The maximum Gasteiger partial charge on any atom is 0.169 e. The van der Waals surface area contributed by atoms with Crippen molar-refractivity contribution in [3.63, 3.8) is 0 Å². The summed E-state index contributed by atoms with van der Waals surface area (Å²) in [5.41, 5.74) is 4.99. The SMILES string of the molecule is c1cc(-c2cc[n+](CCCCCCCCCCCCSSCCCCCCCCCCCC[n+]3ccc(-c4ccncc4)cc3)cc2)ccn1. The summed E-state index contributed by atoms with van der Waals surface area (Å²) in [5, 5.41) is 0. The van der Waals surface area contributed by atoms with Gasteiger partial charge in [0.1, 0.15) is 13.1 Å². The fraction of sp³-hybridized carbons (Fsp3) is 0.545. The van der Waals surface area contributed by atoms with Gasteiger partial charge in [-0.05, 0) is 72.2 Å². The first-order valence-corrected chi connectivity index (χ1v) is 22.4. The average Bonchev–Trinajstić information content (AvgIpc) is 3.17. The molecule has 0 aliphatic carbocycles. The fourth-order valence-corrected chi connectivity index (χ4v) is 8.84. The van der Waals surface area contributed by atoms with Crippen LogP contribution >= 0.6 is 21.6 Å². The van der Waals surface area contributed by atoms with Crippen LogP contribution in [0.25, 0.3) is 22.3 Å². The Morgan fingerprint density at radius 3 is 0.900 bits per heavy atom. The molecule has 0 aliphatic rings. The number of hydrogen-bond donors (Lipinski definition) is 0. The number of hydrogen-bond acceptors (Lipinski definition) is 4. The molecule has 0 radical (unpaired) electrons.